The molecule has 2 aromatic rings. The zero-order valence-corrected chi connectivity index (χ0v) is 17.1. The Bertz CT molecular complexity index is 848. The highest BCUT2D eigenvalue weighted by molar-refractivity contribution is 9.10. The molecule has 8 heteroatoms. The third-order valence-corrected chi connectivity index (χ3v) is 6.30. The van der Waals surface area contributed by atoms with Gasteiger partial charge in [0.2, 0.25) is 0 Å². The second-order valence-electron chi connectivity index (χ2n) is 5.17. The second kappa shape index (κ2) is 8.03. The smallest absolute Gasteiger partial charge is 0.293 e. The number of carbonyl (C=O) groups excluding carboxylic acids is 2. The molecule has 1 aliphatic rings. The average molecular weight is 459 g/mol. The van der Waals surface area contributed by atoms with Crippen molar-refractivity contribution in [3.63, 3.8) is 0 Å². The molecule has 0 aliphatic carbocycles. The molecule has 1 aliphatic heterocycles. The molecule has 1 saturated heterocycles. The van der Waals surface area contributed by atoms with Crippen molar-refractivity contribution in [2.75, 3.05) is 6.54 Å². The number of imide groups is 1. The van der Waals surface area contributed by atoms with Gasteiger partial charge in [-0.25, -0.2) is 0 Å². The minimum Gasteiger partial charge on any atom is -0.449 e. The minimum atomic E-state index is -0.267. The maximum absolute atomic E-state index is 12.3. The lowest BCUT2D eigenvalue weighted by molar-refractivity contribution is -0.122. The van der Waals surface area contributed by atoms with Crippen molar-refractivity contribution in [2.45, 2.75) is 23.3 Å². The first-order valence-electron chi connectivity index (χ1n) is 7.46. The van der Waals surface area contributed by atoms with Gasteiger partial charge >= 0.3 is 0 Å². The molecule has 0 radical (unpaired) electrons. The van der Waals surface area contributed by atoms with Crippen LogP contribution in [0.5, 0.6) is 0 Å². The van der Waals surface area contributed by atoms with Gasteiger partial charge in [0.15, 0.2) is 5.09 Å². The Hall–Kier alpha value is -1.15. The fourth-order valence-corrected chi connectivity index (χ4v) is 4.47. The number of amides is 2. The molecule has 2 amide bonds. The van der Waals surface area contributed by atoms with Gasteiger partial charge in [-0.3, -0.25) is 14.5 Å². The minimum absolute atomic E-state index is 0.237. The van der Waals surface area contributed by atoms with Gasteiger partial charge in [-0.05, 0) is 64.4 Å². The molecule has 0 spiro atoms. The summed E-state index contributed by atoms with van der Waals surface area (Å²) in [6.45, 7) is 2.36. The molecule has 0 saturated carbocycles. The van der Waals surface area contributed by atoms with Crippen LogP contribution in [0.3, 0.4) is 0 Å². The number of carbonyl (C=O) groups is 2. The van der Waals surface area contributed by atoms with Gasteiger partial charge in [-0.1, -0.05) is 30.3 Å². The first-order valence-corrected chi connectivity index (χ1v) is 10.3. The Balaban J connectivity index is 1.79. The summed E-state index contributed by atoms with van der Waals surface area (Å²) in [5, 5.41) is 1.10. The predicted octanol–water partition coefficient (Wildman–Crippen LogP) is 6.29. The van der Waals surface area contributed by atoms with Crippen LogP contribution in [-0.4, -0.2) is 22.6 Å². The van der Waals surface area contributed by atoms with E-state index in [1.807, 2.05) is 31.2 Å². The van der Waals surface area contributed by atoms with Gasteiger partial charge in [-0.2, -0.15) is 0 Å². The topological polar surface area (TPSA) is 50.5 Å². The van der Waals surface area contributed by atoms with E-state index >= 15 is 0 Å². The molecule has 1 fully saturated rings. The molecule has 130 valence electrons. The van der Waals surface area contributed by atoms with Crippen molar-refractivity contribution >= 4 is 68.3 Å². The van der Waals surface area contributed by atoms with Crippen molar-refractivity contribution in [1.82, 2.24) is 4.90 Å². The highest BCUT2D eigenvalue weighted by atomic mass is 79.9. The molecule has 25 heavy (non-hydrogen) atoms. The number of benzene rings is 1. The monoisotopic (exact) mass is 457 g/mol. The lowest BCUT2D eigenvalue weighted by Crippen LogP contribution is -2.28. The molecule has 0 unspecified atom stereocenters. The van der Waals surface area contributed by atoms with Gasteiger partial charge < -0.3 is 4.42 Å². The Morgan fingerprint density at radius 3 is 2.72 bits per heavy atom. The molecule has 0 atom stereocenters. The van der Waals surface area contributed by atoms with Gasteiger partial charge in [0.05, 0.1) is 9.38 Å². The average Bonchev–Trinajstić information content (AvgIpc) is 3.04. The molecule has 2 heterocycles. The van der Waals surface area contributed by atoms with Crippen molar-refractivity contribution in [2.24, 2.45) is 0 Å². The number of nitrogens with zero attached hydrogens (tertiary/aromatic N) is 1. The number of halogens is 2. The molecule has 0 N–H and O–H groups in total. The molecule has 3 rings (SSSR count). The lowest BCUT2D eigenvalue weighted by Gasteiger charge is -2.09. The molecule has 1 aromatic heterocycles. The highest BCUT2D eigenvalue weighted by Gasteiger charge is 2.34. The Morgan fingerprint density at radius 1 is 1.32 bits per heavy atom. The van der Waals surface area contributed by atoms with Crippen molar-refractivity contribution in [3.8, 4) is 0 Å². The Labute approximate surface area is 167 Å². The molecular weight excluding hydrogens is 446 g/mol. The fraction of sp³-hybridized carbons (Fsp3) is 0.176. The maximum atomic E-state index is 12.3. The first-order chi connectivity index (χ1) is 12.0. The standard InChI is InChI=1S/C17H13BrClNO3S2/c1-2-7-20-15(21)14(25-17(20)22)9-11-8-13(18)16(23-11)24-12-5-3-10(19)4-6-12/h3-6,8-9H,2,7H2,1H3/b14-9+. The van der Waals surface area contributed by atoms with E-state index in [1.165, 1.54) is 16.7 Å². The zero-order chi connectivity index (χ0) is 18.0. The lowest BCUT2D eigenvalue weighted by atomic mass is 10.3. The molecule has 0 bridgehead atoms. The summed E-state index contributed by atoms with van der Waals surface area (Å²) in [5.41, 5.74) is 0. The zero-order valence-electron chi connectivity index (χ0n) is 13.1. The largest absolute Gasteiger partial charge is 0.449 e. The van der Waals surface area contributed by atoms with E-state index in [0.29, 0.717) is 27.3 Å². The van der Waals surface area contributed by atoms with Gasteiger partial charge in [0, 0.05) is 22.5 Å². The van der Waals surface area contributed by atoms with Crippen molar-refractivity contribution in [1.29, 1.82) is 0 Å². The van der Waals surface area contributed by atoms with E-state index in [-0.39, 0.29) is 11.1 Å². The van der Waals surface area contributed by atoms with Crippen LogP contribution in [0, 0.1) is 0 Å². The Kier molecular flexibility index (Phi) is 5.99. The van der Waals surface area contributed by atoms with Gasteiger partial charge in [-0.15, -0.1) is 0 Å². The van der Waals surface area contributed by atoms with Crippen molar-refractivity contribution < 1.29 is 14.0 Å². The van der Waals surface area contributed by atoms with Crippen LogP contribution >= 0.6 is 51.1 Å². The quantitative estimate of drug-likeness (QED) is 0.493. The summed E-state index contributed by atoms with van der Waals surface area (Å²) in [4.78, 5) is 26.8. The van der Waals surface area contributed by atoms with E-state index in [1.54, 1.807) is 12.1 Å². The van der Waals surface area contributed by atoms with Crippen LogP contribution in [0.1, 0.15) is 19.1 Å². The van der Waals surface area contributed by atoms with Gasteiger partial charge in [0.1, 0.15) is 5.76 Å². The van der Waals surface area contributed by atoms with Crippen LogP contribution in [0.15, 0.2) is 54.1 Å². The van der Waals surface area contributed by atoms with E-state index < -0.39 is 0 Å². The summed E-state index contributed by atoms with van der Waals surface area (Å²) >= 11 is 11.7. The second-order valence-corrected chi connectivity index (χ2v) is 8.50. The summed E-state index contributed by atoms with van der Waals surface area (Å²) in [6, 6.07) is 9.21. The summed E-state index contributed by atoms with van der Waals surface area (Å²) in [5.74, 6) is 0.251. The number of hydrogen-bond donors (Lipinski definition) is 0. The van der Waals surface area contributed by atoms with Crippen LogP contribution in [-0.2, 0) is 4.79 Å². The van der Waals surface area contributed by atoms with E-state index in [0.717, 1.165) is 27.6 Å². The number of furan rings is 1. The molecule has 4 nitrogen and oxygen atoms in total. The first kappa shape index (κ1) is 18.6. The number of rotatable bonds is 5. The molecular formula is C17H13BrClNO3S2. The Morgan fingerprint density at radius 2 is 2.04 bits per heavy atom. The van der Waals surface area contributed by atoms with Gasteiger partial charge in [0.25, 0.3) is 11.1 Å². The van der Waals surface area contributed by atoms with E-state index in [2.05, 4.69) is 15.9 Å². The summed E-state index contributed by atoms with van der Waals surface area (Å²) in [7, 11) is 0. The molecule has 1 aromatic carbocycles. The van der Waals surface area contributed by atoms with Crippen LogP contribution < -0.4 is 0 Å². The fourth-order valence-electron chi connectivity index (χ4n) is 2.17. The SMILES string of the molecule is CCCN1C(=O)S/C(=C/c2cc(Br)c(Sc3ccc(Cl)cc3)o2)C1=O. The van der Waals surface area contributed by atoms with E-state index in [4.69, 9.17) is 16.0 Å². The normalized spacial score (nSPS) is 16.3. The van der Waals surface area contributed by atoms with E-state index in [9.17, 15) is 9.59 Å². The summed E-state index contributed by atoms with van der Waals surface area (Å²) in [6.07, 6.45) is 2.34. The maximum Gasteiger partial charge on any atom is 0.293 e. The third-order valence-electron chi connectivity index (χ3n) is 3.29. The van der Waals surface area contributed by atoms with Crippen LogP contribution in [0.25, 0.3) is 6.08 Å². The van der Waals surface area contributed by atoms with Crippen LogP contribution in [0.2, 0.25) is 5.02 Å². The highest BCUT2D eigenvalue weighted by Crippen LogP contribution is 2.38. The number of hydrogen-bond acceptors (Lipinski definition) is 5. The van der Waals surface area contributed by atoms with Crippen LogP contribution in [0.4, 0.5) is 4.79 Å². The number of thioether (sulfide) groups is 1. The third kappa shape index (κ3) is 4.34. The summed E-state index contributed by atoms with van der Waals surface area (Å²) < 4.78 is 6.58. The van der Waals surface area contributed by atoms with Crippen molar-refractivity contribution in [3.05, 3.63) is 50.5 Å². The predicted molar refractivity (Wildman–Crippen MR) is 105 cm³/mol.